The zero-order chi connectivity index (χ0) is 9.81. The van der Waals surface area contributed by atoms with Crippen molar-refractivity contribution in [2.45, 2.75) is 50.7 Å². The normalized spacial score (nSPS) is 50.1. The third kappa shape index (κ3) is 1.49. The van der Waals surface area contributed by atoms with Crippen molar-refractivity contribution in [3.8, 4) is 0 Å². The number of hydrogen-bond donors (Lipinski definition) is 0. The minimum absolute atomic E-state index is 0.0362. The van der Waals surface area contributed by atoms with Gasteiger partial charge in [-0.3, -0.25) is 0 Å². The number of hydrogen-bond acceptors (Lipinski definition) is 2. The fraction of sp³-hybridized carbons (Fsp3) is 1.00. The maximum atomic E-state index is 6.12. The highest BCUT2D eigenvalue weighted by molar-refractivity contribution is 5.00. The largest absolute Gasteiger partial charge is 0.372 e. The maximum Gasteiger partial charge on any atom is 0.0942 e. The lowest BCUT2D eigenvalue weighted by atomic mass is 9.89. The van der Waals surface area contributed by atoms with E-state index in [1.54, 1.807) is 0 Å². The van der Waals surface area contributed by atoms with Gasteiger partial charge in [0, 0.05) is 6.42 Å². The molecule has 3 aliphatic rings. The van der Waals surface area contributed by atoms with Crippen LogP contribution in [-0.4, -0.2) is 24.4 Å². The Bertz CT molecular complexity index is 235. The van der Waals surface area contributed by atoms with Gasteiger partial charge in [-0.25, -0.2) is 0 Å². The van der Waals surface area contributed by atoms with Crippen molar-refractivity contribution in [2.75, 3.05) is 13.2 Å². The first kappa shape index (κ1) is 9.17. The Morgan fingerprint density at radius 3 is 2.71 bits per heavy atom. The van der Waals surface area contributed by atoms with E-state index in [-0.39, 0.29) is 11.2 Å². The van der Waals surface area contributed by atoms with E-state index in [2.05, 4.69) is 13.8 Å². The van der Waals surface area contributed by atoms with E-state index in [0.29, 0.717) is 0 Å². The molecule has 2 nitrogen and oxygen atoms in total. The second-order valence-corrected chi connectivity index (χ2v) is 6.01. The number of fused-ring (bicyclic) bond motifs is 1. The topological polar surface area (TPSA) is 18.5 Å². The number of ether oxygens (including phenoxy) is 2. The lowest BCUT2D eigenvalue weighted by molar-refractivity contribution is -0.0546. The summed E-state index contributed by atoms with van der Waals surface area (Å²) in [6.45, 7) is 6.16. The number of rotatable bonds is 0. The van der Waals surface area contributed by atoms with Gasteiger partial charge >= 0.3 is 0 Å². The summed E-state index contributed by atoms with van der Waals surface area (Å²) in [6, 6.07) is 0. The first-order valence-corrected chi connectivity index (χ1v) is 5.87. The summed E-state index contributed by atoms with van der Waals surface area (Å²) in [5.74, 6) is 1.87. The molecular formula is C12H20O2. The lowest BCUT2D eigenvalue weighted by Crippen LogP contribution is -2.34. The summed E-state index contributed by atoms with van der Waals surface area (Å²) in [4.78, 5) is 0. The molecular weight excluding hydrogens is 176 g/mol. The monoisotopic (exact) mass is 196 g/mol. The molecule has 1 spiro atoms. The minimum atomic E-state index is 0.0362. The molecule has 0 N–H and O–H groups in total. The van der Waals surface area contributed by atoms with Gasteiger partial charge in [0.15, 0.2) is 0 Å². The summed E-state index contributed by atoms with van der Waals surface area (Å²) in [7, 11) is 0. The van der Waals surface area contributed by atoms with Gasteiger partial charge in [0.2, 0.25) is 0 Å². The summed E-state index contributed by atoms with van der Waals surface area (Å²) in [5.41, 5.74) is 0.117. The van der Waals surface area contributed by atoms with Crippen molar-refractivity contribution < 1.29 is 9.47 Å². The van der Waals surface area contributed by atoms with Gasteiger partial charge < -0.3 is 9.47 Å². The summed E-state index contributed by atoms with van der Waals surface area (Å²) in [6.07, 6.45) is 5.08. The standard InChI is InChI=1S/C12H20O2/c1-11(2)7-12(8-14-11)4-3-9-5-10(9)6-13-12/h9-10H,3-8H2,1-2H3/t9-,10+,12+/m0/s1. The molecule has 3 rings (SSSR count). The van der Waals surface area contributed by atoms with Gasteiger partial charge in [0.05, 0.1) is 24.4 Å². The van der Waals surface area contributed by atoms with E-state index in [9.17, 15) is 0 Å². The predicted octanol–water partition coefficient (Wildman–Crippen LogP) is 2.37. The van der Waals surface area contributed by atoms with Crippen LogP contribution in [0, 0.1) is 11.8 Å². The molecule has 0 amide bonds. The fourth-order valence-corrected chi connectivity index (χ4v) is 3.13. The molecule has 3 fully saturated rings. The molecule has 2 heterocycles. The van der Waals surface area contributed by atoms with E-state index in [1.807, 2.05) is 0 Å². The van der Waals surface area contributed by atoms with Crippen molar-refractivity contribution in [2.24, 2.45) is 11.8 Å². The zero-order valence-corrected chi connectivity index (χ0v) is 9.21. The molecule has 0 aromatic heterocycles. The Labute approximate surface area is 86.0 Å². The molecule has 2 aliphatic heterocycles. The average molecular weight is 196 g/mol. The van der Waals surface area contributed by atoms with Crippen LogP contribution < -0.4 is 0 Å². The van der Waals surface area contributed by atoms with E-state index in [0.717, 1.165) is 31.5 Å². The van der Waals surface area contributed by atoms with Crippen LogP contribution in [0.4, 0.5) is 0 Å². The Morgan fingerprint density at radius 2 is 2.00 bits per heavy atom. The van der Waals surface area contributed by atoms with Gasteiger partial charge in [0.1, 0.15) is 0 Å². The van der Waals surface area contributed by atoms with Crippen LogP contribution >= 0.6 is 0 Å². The first-order chi connectivity index (χ1) is 6.59. The third-order valence-electron chi connectivity index (χ3n) is 4.12. The molecule has 2 saturated heterocycles. The van der Waals surface area contributed by atoms with Crippen LogP contribution in [0.1, 0.15) is 39.5 Å². The van der Waals surface area contributed by atoms with Crippen molar-refractivity contribution in [1.29, 1.82) is 0 Å². The van der Waals surface area contributed by atoms with Crippen molar-refractivity contribution >= 4 is 0 Å². The SMILES string of the molecule is CC1(C)C[C@]2(CC[C@H]3C[C@@H]3CO2)CO1. The van der Waals surface area contributed by atoms with Crippen LogP contribution in [0.3, 0.4) is 0 Å². The molecule has 80 valence electrons. The fourth-order valence-electron chi connectivity index (χ4n) is 3.13. The van der Waals surface area contributed by atoms with Crippen LogP contribution in [0.25, 0.3) is 0 Å². The van der Waals surface area contributed by atoms with Gasteiger partial charge in [-0.1, -0.05) is 0 Å². The Kier molecular flexibility index (Phi) is 1.79. The molecule has 0 radical (unpaired) electrons. The highest BCUT2D eigenvalue weighted by Crippen LogP contribution is 2.50. The molecule has 0 bridgehead atoms. The quantitative estimate of drug-likeness (QED) is 0.592. The van der Waals surface area contributed by atoms with Crippen molar-refractivity contribution in [3.05, 3.63) is 0 Å². The summed E-state index contributed by atoms with van der Waals surface area (Å²) < 4.78 is 11.9. The lowest BCUT2D eigenvalue weighted by Gasteiger charge is -2.27. The van der Waals surface area contributed by atoms with E-state index in [4.69, 9.17) is 9.47 Å². The zero-order valence-electron chi connectivity index (χ0n) is 9.21. The molecule has 14 heavy (non-hydrogen) atoms. The summed E-state index contributed by atoms with van der Waals surface area (Å²) in [5, 5.41) is 0. The molecule has 0 unspecified atom stereocenters. The average Bonchev–Trinajstić information content (AvgIpc) is 2.80. The second kappa shape index (κ2) is 2.73. The first-order valence-electron chi connectivity index (χ1n) is 5.87. The van der Waals surface area contributed by atoms with Crippen LogP contribution in [0.15, 0.2) is 0 Å². The van der Waals surface area contributed by atoms with Crippen LogP contribution in [0.2, 0.25) is 0 Å². The predicted molar refractivity (Wildman–Crippen MR) is 54.2 cm³/mol. The molecule has 0 aromatic rings. The molecule has 3 atom stereocenters. The minimum Gasteiger partial charge on any atom is -0.372 e. The Morgan fingerprint density at radius 1 is 1.14 bits per heavy atom. The van der Waals surface area contributed by atoms with E-state index < -0.39 is 0 Å². The highest BCUT2D eigenvalue weighted by Gasteiger charge is 2.50. The Hall–Kier alpha value is -0.0800. The highest BCUT2D eigenvalue weighted by atomic mass is 16.6. The van der Waals surface area contributed by atoms with Crippen LogP contribution in [-0.2, 0) is 9.47 Å². The smallest absolute Gasteiger partial charge is 0.0942 e. The van der Waals surface area contributed by atoms with Crippen molar-refractivity contribution in [1.82, 2.24) is 0 Å². The third-order valence-corrected chi connectivity index (χ3v) is 4.12. The van der Waals surface area contributed by atoms with E-state index >= 15 is 0 Å². The maximum absolute atomic E-state index is 6.12. The summed E-state index contributed by atoms with van der Waals surface area (Å²) >= 11 is 0. The Balaban J connectivity index is 1.71. The van der Waals surface area contributed by atoms with E-state index in [1.165, 1.54) is 19.3 Å². The van der Waals surface area contributed by atoms with Gasteiger partial charge in [-0.15, -0.1) is 0 Å². The molecule has 1 aliphatic carbocycles. The molecule has 2 heteroatoms. The second-order valence-electron chi connectivity index (χ2n) is 6.01. The van der Waals surface area contributed by atoms with Crippen molar-refractivity contribution in [3.63, 3.8) is 0 Å². The van der Waals surface area contributed by atoms with Crippen LogP contribution in [0.5, 0.6) is 0 Å². The molecule has 0 aromatic carbocycles. The van der Waals surface area contributed by atoms with Gasteiger partial charge in [-0.05, 0) is 44.9 Å². The van der Waals surface area contributed by atoms with Gasteiger partial charge in [-0.2, -0.15) is 0 Å². The van der Waals surface area contributed by atoms with Gasteiger partial charge in [0.25, 0.3) is 0 Å². The molecule has 1 saturated carbocycles.